The highest BCUT2D eigenvalue weighted by Gasteiger charge is 2.27. The Labute approximate surface area is 63.2 Å². The van der Waals surface area contributed by atoms with Crippen LogP contribution in [0, 0.1) is 4.91 Å². The third kappa shape index (κ3) is 2.98. The smallest absolute Gasteiger partial charge is 0.290 e. The molecule has 0 radical (unpaired) electrons. The summed E-state index contributed by atoms with van der Waals surface area (Å²) in [6.45, 7) is 2.02. The Morgan fingerprint density at radius 2 is 2.33 bits per heavy atom. The summed E-state index contributed by atoms with van der Waals surface area (Å²) >= 11 is 10.6. The number of halogens is 2. The summed E-state index contributed by atoms with van der Waals surface area (Å²) in [5, 5.41) is 0.930. The van der Waals surface area contributed by atoms with E-state index in [0.717, 1.165) is 0 Å². The number of nitroso groups, excluding NO2 is 1. The lowest BCUT2D eigenvalue weighted by Gasteiger charge is -2.13. The van der Waals surface area contributed by atoms with Crippen LogP contribution in [0.25, 0.3) is 0 Å². The molecular weight excluding hydrogens is 165 g/mol. The van der Waals surface area contributed by atoms with E-state index < -0.39 is 5.18 Å². The van der Waals surface area contributed by atoms with Gasteiger partial charge in [0, 0.05) is 6.61 Å². The van der Waals surface area contributed by atoms with E-state index in [1.807, 2.05) is 0 Å². The third-order valence-electron chi connectivity index (χ3n) is 0.667. The molecule has 0 aromatic carbocycles. The molecule has 0 aliphatic carbocycles. The first-order valence-corrected chi connectivity index (χ1v) is 3.33. The second-order valence-corrected chi connectivity index (χ2v) is 2.20. The molecule has 0 aliphatic heterocycles. The van der Waals surface area contributed by atoms with Crippen LogP contribution in [0.1, 0.15) is 6.92 Å². The molecule has 0 N–H and O–H groups in total. The van der Waals surface area contributed by atoms with Crippen molar-refractivity contribution in [1.82, 2.24) is 0 Å². The van der Waals surface area contributed by atoms with Gasteiger partial charge in [-0.15, -0.1) is 16.5 Å². The summed E-state index contributed by atoms with van der Waals surface area (Å²) in [6.07, 6.45) is 0. The highest BCUT2D eigenvalue weighted by Crippen LogP contribution is 2.19. The molecule has 0 heterocycles. The molecule has 3 nitrogen and oxygen atoms in total. The van der Waals surface area contributed by atoms with Crippen molar-refractivity contribution in [3.8, 4) is 0 Å². The Morgan fingerprint density at radius 1 is 1.78 bits per heavy atom. The molecule has 0 saturated carbocycles. The molecule has 9 heavy (non-hydrogen) atoms. The molecule has 0 spiro atoms. The molecule has 0 bridgehead atoms. The number of rotatable bonds is 4. The van der Waals surface area contributed by atoms with E-state index in [2.05, 4.69) is 9.91 Å². The van der Waals surface area contributed by atoms with Crippen molar-refractivity contribution in [2.75, 3.05) is 12.5 Å². The van der Waals surface area contributed by atoms with E-state index >= 15 is 0 Å². The second kappa shape index (κ2) is 4.04. The molecular formula is C4H7Cl2NO2. The van der Waals surface area contributed by atoms with Crippen molar-refractivity contribution in [2.24, 2.45) is 5.18 Å². The minimum absolute atomic E-state index is 0.133. The minimum atomic E-state index is -1.56. The number of nitrogens with zero attached hydrogens (tertiary/aromatic N) is 1. The van der Waals surface area contributed by atoms with Crippen LogP contribution in [-0.2, 0) is 4.74 Å². The summed E-state index contributed by atoms with van der Waals surface area (Å²) in [5.74, 6) is -0.133. The highest BCUT2D eigenvalue weighted by molar-refractivity contribution is 6.29. The molecule has 5 heteroatoms. The quantitative estimate of drug-likeness (QED) is 0.369. The summed E-state index contributed by atoms with van der Waals surface area (Å²) in [5.41, 5.74) is 0. The summed E-state index contributed by atoms with van der Waals surface area (Å²) in [4.78, 5) is 9.86. The molecule has 0 saturated heterocycles. The lowest BCUT2D eigenvalue weighted by Crippen LogP contribution is -2.24. The van der Waals surface area contributed by atoms with Gasteiger partial charge >= 0.3 is 0 Å². The number of hydrogen-bond acceptors (Lipinski definition) is 3. The van der Waals surface area contributed by atoms with Gasteiger partial charge in [-0.2, -0.15) is 0 Å². The van der Waals surface area contributed by atoms with Crippen molar-refractivity contribution in [2.45, 2.75) is 12.1 Å². The van der Waals surface area contributed by atoms with Crippen molar-refractivity contribution in [1.29, 1.82) is 0 Å². The predicted molar refractivity (Wildman–Crippen MR) is 36.7 cm³/mol. The average molecular weight is 172 g/mol. The molecule has 0 amide bonds. The van der Waals surface area contributed by atoms with Crippen LogP contribution < -0.4 is 0 Å². The van der Waals surface area contributed by atoms with E-state index in [4.69, 9.17) is 23.2 Å². The summed E-state index contributed by atoms with van der Waals surface area (Å²) in [7, 11) is 0. The standard InChI is InChI=1S/C4H7Cl2NO2/c1-2-9-4(6,3-5)7-8/h2-3H2,1H3. The second-order valence-electron chi connectivity index (χ2n) is 1.35. The SMILES string of the molecule is CCOC(Cl)(CCl)N=O. The fourth-order valence-electron chi connectivity index (χ4n) is 0.310. The topological polar surface area (TPSA) is 38.7 Å². The monoisotopic (exact) mass is 171 g/mol. The van der Waals surface area contributed by atoms with Gasteiger partial charge in [0.25, 0.3) is 5.18 Å². The predicted octanol–water partition coefficient (Wildman–Crippen LogP) is 1.92. The van der Waals surface area contributed by atoms with Gasteiger partial charge in [0.05, 0.1) is 5.88 Å². The van der Waals surface area contributed by atoms with Crippen molar-refractivity contribution in [3.05, 3.63) is 4.91 Å². The Balaban J connectivity index is 3.76. The van der Waals surface area contributed by atoms with Gasteiger partial charge in [0.1, 0.15) is 0 Å². The van der Waals surface area contributed by atoms with Crippen molar-refractivity contribution < 1.29 is 4.74 Å². The van der Waals surface area contributed by atoms with E-state index in [-0.39, 0.29) is 5.88 Å². The molecule has 1 atom stereocenters. The number of hydrogen-bond donors (Lipinski definition) is 0. The fourth-order valence-corrected chi connectivity index (χ4v) is 0.546. The Bertz CT molecular complexity index is 101. The third-order valence-corrected chi connectivity index (χ3v) is 1.48. The zero-order chi connectivity index (χ0) is 7.33. The maximum absolute atomic E-state index is 9.86. The Kier molecular flexibility index (Phi) is 4.10. The maximum Gasteiger partial charge on any atom is 0.290 e. The fraction of sp³-hybridized carbons (Fsp3) is 1.00. The lowest BCUT2D eigenvalue weighted by molar-refractivity contribution is 0.0502. The molecule has 0 aromatic heterocycles. The van der Waals surface area contributed by atoms with Gasteiger partial charge in [0.15, 0.2) is 0 Å². The number of ether oxygens (including phenoxy) is 1. The summed E-state index contributed by atoms with van der Waals surface area (Å²) < 4.78 is 4.68. The molecule has 0 rings (SSSR count). The molecule has 0 fully saturated rings. The normalized spacial score (nSPS) is 16.8. The molecule has 1 unspecified atom stereocenters. The van der Waals surface area contributed by atoms with Gasteiger partial charge in [0.2, 0.25) is 0 Å². The van der Waals surface area contributed by atoms with E-state index in [9.17, 15) is 4.91 Å². The van der Waals surface area contributed by atoms with E-state index in [1.54, 1.807) is 6.92 Å². The summed E-state index contributed by atoms with van der Waals surface area (Å²) in [6, 6.07) is 0. The van der Waals surface area contributed by atoms with Gasteiger partial charge < -0.3 is 4.74 Å². The first-order valence-electron chi connectivity index (χ1n) is 2.42. The van der Waals surface area contributed by atoms with Crippen molar-refractivity contribution >= 4 is 23.2 Å². The average Bonchev–Trinajstić information content (AvgIpc) is 1.89. The zero-order valence-corrected chi connectivity index (χ0v) is 6.45. The Morgan fingerprint density at radius 3 is 2.44 bits per heavy atom. The number of alkyl halides is 2. The van der Waals surface area contributed by atoms with Crippen LogP contribution in [0.4, 0.5) is 0 Å². The largest absolute Gasteiger partial charge is 0.338 e. The Hall–Kier alpha value is 0.140. The van der Waals surface area contributed by atoms with Crippen LogP contribution >= 0.6 is 23.2 Å². The van der Waals surface area contributed by atoms with Gasteiger partial charge in [-0.05, 0) is 12.1 Å². The van der Waals surface area contributed by atoms with Gasteiger partial charge in [-0.1, -0.05) is 11.6 Å². The van der Waals surface area contributed by atoms with Crippen LogP contribution in [-0.4, -0.2) is 17.7 Å². The van der Waals surface area contributed by atoms with Crippen LogP contribution in [0.15, 0.2) is 5.18 Å². The maximum atomic E-state index is 9.86. The van der Waals surface area contributed by atoms with Crippen LogP contribution in [0.3, 0.4) is 0 Å². The van der Waals surface area contributed by atoms with E-state index in [0.29, 0.717) is 6.61 Å². The first kappa shape index (κ1) is 9.14. The molecule has 0 aromatic rings. The minimum Gasteiger partial charge on any atom is -0.338 e. The molecule has 54 valence electrons. The van der Waals surface area contributed by atoms with Crippen LogP contribution in [0.2, 0.25) is 0 Å². The van der Waals surface area contributed by atoms with Gasteiger partial charge in [-0.25, -0.2) is 0 Å². The van der Waals surface area contributed by atoms with Crippen LogP contribution in [0.5, 0.6) is 0 Å². The van der Waals surface area contributed by atoms with E-state index in [1.165, 1.54) is 0 Å². The van der Waals surface area contributed by atoms with Crippen molar-refractivity contribution in [3.63, 3.8) is 0 Å². The zero-order valence-electron chi connectivity index (χ0n) is 4.93. The first-order chi connectivity index (χ1) is 4.18. The molecule has 0 aliphatic rings. The highest BCUT2D eigenvalue weighted by atomic mass is 35.5. The van der Waals surface area contributed by atoms with Gasteiger partial charge in [-0.3, -0.25) is 0 Å². The lowest BCUT2D eigenvalue weighted by atomic mass is 10.6.